The Labute approximate surface area is 158 Å². The fourth-order valence-corrected chi connectivity index (χ4v) is 3.96. The average Bonchev–Trinajstić information content (AvgIpc) is 3.06. The van der Waals surface area contributed by atoms with Crippen molar-refractivity contribution in [3.8, 4) is 5.69 Å². The number of carbonyl (C=O) groups excluding carboxylic acids is 1. The normalized spacial score (nSPS) is 16.4. The topological polar surface area (TPSA) is 34.9 Å². The molecule has 2 aromatic carbocycles. The number of benzene rings is 2. The van der Waals surface area contributed by atoms with Gasteiger partial charge in [-0.15, -0.1) is 0 Å². The molecule has 138 valence electrons. The third kappa shape index (κ3) is 3.32. The number of fused-ring (bicyclic) bond motifs is 1. The number of hydrogen-bond acceptors (Lipinski definition) is 2. The maximum atomic E-state index is 14.4. The summed E-state index contributed by atoms with van der Waals surface area (Å²) < 4.78 is 16.1. The van der Waals surface area contributed by atoms with Crippen LogP contribution in [0.3, 0.4) is 0 Å². The van der Waals surface area contributed by atoms with Gasteiger partial charge in [0.25, 0.3) is 0 Å². The molecular formula is C23H23FN2O. The summed E-state index contributed by atoms with van der Waals surface area (Å²) in [6.45, 7) is 2.11. The second-order valence-corrected chi connectivity index (χ2v) is 7.17. The van der Waals surface area contributed by atoms with Gasteiger partial charge in [0.2, 0.25) is 0 Å². The molecule has 0 saturated carbocycles. The predicted octanol–water partition coefficient (Wildman–Crippen LogP) is 5.27. The lowest BCUT2D eigenvalue weighted by molar-refractivity contribution is 0.0963. The summed E-state index contributed by atoms with van der Waals surface area (Å²) >= 11 is 0. The van der Waals surface area contributed by atoms with Crippen molar-refractivity contribution in [3.05, 3.63) is 82.9 Å². The first-order chi connectivity index (χ1) is 13.2. The molecule has 27 heavy (non-hydrogen) atoms. The highest BCUT2D eigenvalue weighted by atomic mass is 19.1. The van der Waals surface area contributed by atoms with Crippen LogP contribution < -0.4 is 0 Å². The molecule has 0 radical (unpaired) electrons. The summed E-state index contributed by atoms with van der Waals surface area (Å²) in [6, 6.07) is 16.7. The molecule has 0 fully saturated rings. The molecule has 1 atom stereocenters. The number of carbonyl (C=O) groups is 1. The molecule has 1 aliphatic rings. The minimum Gasteiger partial charge on any atom is -0.294 e. The van der Waals surface area contributed by atoms with Crippen molar-refractivity contribution in [1.29, 1.82) is 0 Å². The molecule has 3 aromatic rings. The van der Waals surface area contributed by atoms with Crippen molar-refractivity contribution >= 4 is 5.78 Å². The lowest BCUT2D eigenvalue weighted by atomic mass is 9.81. The molecule has 0 aliphatic heterocycles. The Morgan fingerprint density at radius 2 is 1.81 bits per heavy atom. The van der Waals surface area contributed by atoms with Gasteiger partial charge < -0.3 is 0 Å². The van der Waals surface area contributed by atoms with Crippen LogP contribution in [-0.2, 0) is 12.8 Å². The van der Waals surface area contributed by atoms with E-state index in [1.165, 1.54) is 6.07 Å². The van der Waals surface area contributed by atoms with Gasteiger partial charge >= 0.3 is 0 Å². The van der Waals surface area contributed by atoms with E-state index >= 15 is 0 Å². The van der Waals surface area contributed by atoms with Crippen LogP contribution in [0.1, 0.15) is 59.4 Å². The van der Waals surface area contributed by atoms with E-state index in [2.05, 4.69) is 19.1 Å². The van der Waals surface area contributed by atoms with Gasteiger partial charge in [-0.3, -0.25) is 4.79 Å². The van der Waals surface area contributed by atoms with Crippen LogP contribution in [0.25, 0.3) is 5.69 Å². The van der Waals surface area contributed by atoms with Gasteiger partial charge in [-0.1, -0.05) is 55.8 Å². The Morgan fingerprint density at radius 1 is 1.07 bits per heavy atom. The Balaban J connectivity index is 1.80. The molecule has 4 rings (SSSR count). The zero-order chi connectivity index (χ0) is 18.8. The summed E-state index contributed by atoms with van der Waals surface area (Å²) in [6.07, 6.45) is 3.89. The van der Waals surface area contributed by atoms with Crippen molar-refractivity contribution in [2.45, 2.75) is 44.9 Å². The van der Waals surface area contributed by atoms with E-state index in [9.17, 15) is 9.18 Å². The molecule has 0 spiro atoms. The van der Waals surface area contributed by atoms with Crippen molar-refractivity contribution in [1.82, 2.24) is 9.78 Å². The number of aromatic nitrogens is 2. The van der Waals surface area contributed by atoms with Crippen LogP contribution in [-0.4, -0.2) is 15.6 Å². The van der Waals surface area contributed by atoms with E-state index < -0.39 is 0 Å². The molecular weight excluding hydrogens is 339 g/mol. The predicted molar refractivity (Wildman–Crippen MR) is 104 cm³/mol. The quantitative estimate of drug-likeness (QED) is 0.620. The maximum absolute atomic E-state index is 14.4. The van der Waals surface area contributed by atoms with Crippen molar-refractivity contribution in [2.24, 2.45) is 0 Å². The molecule has 0 unspecified atom stereocenters. The Hall–Kier alpha value is -2.75. The number of para-hydroxylation sites is 1. The first-order valence-electron chi connectivity index (χ1n) is 9.62. The lowest BCUT2D eigenvalue weighted by Crippen LogP contribution is -2.19. The van der Waals surface area contributed by atoms with Gasteiger partial charge in [-0.2, -0.15) is 5.10 Å². The van der Waals surface area contributed by atoms with Crippen LogP contribution in [0.4, 0.5) is 4.39 Å². The highest BCUT2D eigenvalue weighted by molar-refractivity contribution is 6.00. The fourth-order valence-electron chi connectivity index (χ4n) is 3.96. The lowest BCUT2D eigenvalue weighted by Gasteiger charge is -2.21. The van der Waals surface area contributed by atoms with Crippen molar-refractivity contribution < 1.29 is 9.18 Å². The number of Topliss-reactive ketones (excluding diaryl/α,β-unsaturated/α-hetero) is 1. The van der Waals surface area contributed by atoms with Gasteiger partial charge in [-0.25, -0.2) is 9.07 Å². The van der Waals surface area contributed by atoms with Crippen LogP contribution in [0.5, 0.6) is 0 Å². The van der Waals surface area contributed by atoms with Crippen LogP contribution >= 0.6 is 0 Å². The first kappa shape index (κ1) is 17.7. The molecule has 0 N–H and O–H groups in total. The number of nitrogens with zero attached hydrogens (tertiary/aromatic N) is 2. The van der Waals surface area contributed by atoms with Gasteiger partial charge in [-0.05, 0) is 42.9 Å². The summed E-state index contributed by atoms with van der Waals surface area (Å²) in [7, 11) is 0. The molecule has 1 aliphatic carbocycles. The second-order valence-electron chi connectivity index (χ2n) is 7.17. The van der Waals surface area contributed by atoms with Crippen molar-refractivity contribution in [2.75, 3.05) is 0 Å². The molecule has 4 heteroatoms. The molecule has 3 nitrogen and oxygen atoms in total. The summed E-state index contributed by atoms with van der Waals surface area (Å²) in [5.74, 6) is -0.0601. The maximum Gasteiger partial charge on any atom is 0.167 e. The number of rotatable bonds is 5. The molecule has 0 bridgehead atoms. The second kappa shape index (κ2) is 7.47. The zero-order valence-electron chi connectivity index (χ0n) is 15.5. The smallest absolute Gasteiger partial charge is 0.167 e. The molecule has 0 amide bonds. The monoisotopic (exact) mass is 362 g/mol. The van der Waals surface area contributed by atoms with E-state index in [4.69, 9.17) is 5.10 Å². The van der Waals surface area contributed by atoms with E-state index in [-0.39, 0.29) is 17.5 Å². The van der Waals surface area contributed by atoms with E-state index in [0.717, 1.165) is 41.8 Å². The zero-order valence-corrected chi connectivity index (χ0v) is 15.5. The minimum absolute atomic E-state index is 0.124. The van der Waals surface area contributed by atoms with Gasteiger partial charge in [0, 0.05) is 6.42 Å². The highest BCUT2D eigenvalue weighted by Crippen LogP contribution is 2.35. The average molecular weight is 362 g/mol. The Morgan fingerprint density at radius 3 is 2.56 bits per heavy atom. The summed E-state index contributed by atoms with van der Waals surface area (Å²) in [5.41, 5.74) is 3.95. The van der Waals surface area contributed by atoms with Gasteiger partial charge in [0.1, 0.15) is 11.5 Å². The van der Waals surface area contributed by atoms with Crippen LogP contribution in [0, 0.1) is 5.82 Å². The Bertz CT molecular complexity index is 962. The summed E-state index contributed by atoms with van der Waals surface area (Å²) in [5, 5.41) is 4.72. The number of ketones is 1. The number of halogens is 1. The standard InChI is InChI=1S/C23H23FN2O/c1-2-3-12-21-23-19(25-26(21)20-13-8-7-11-18(20)24)14-17(15-22(23)27)16-9-5-4-6-10-16/h4-11,13,17H,2-3,12,14-15H2,1H3/t17-/m1/s1. The number of hydrogen-bond donors (Lipinski definition) is 0. The third-order valence-corrected chi connectivity index (χ3v) is 5.32. The minimum atomic E-state index is -0.317. The van der Waals surface area contributed by atoms with Crippen molar-refractivity contribution in [3.63, 3.8) is 0 Å². The first-order valence-corrected chi connectivity index (χ1v) is 9.62. The SMILES string of the molecule is CCCCc1c2c(nn1-c1ccccc1F)C[C@@H](c1ccccc1)CC2=O. The van der Waals surface area contributed by atoms with E-state index in [1.54, 1.807) is 22.9 Å². The van der Waals surface area contributed by atoms with E-state index in [1.807, 2.05) is 18.2 Å². The van der Waals surface area contributed by atoms with Crippen LogP contribution in [0.15, 0.2) is 54.6 Å². The molecule has 0 saturated heterocycles. The third-order valence-electron chi connectivity index (χ3n) is 5.32. The number of unbranched alkanes of at least 4 members (excludes halogenated alkanes) is 1. The van der Waals surface area contributed by atoms with Gasteiger partial charge in [0.05, 0.1) is 17.0 Å². The molecule has 1 heterocycles. The summed E-state index contributed by atoms with van der Waals surface area (Å²) in [4.78, 5) is 13.0. The highest BCUT2D eigenvalue weighted by Gasteiger charge is 2.33. The van der Waals surface area contributed by atoms with Gasteiger partial charge in [0.15, 0.2) is 5.78 Å². The van der Waals surface area contributed by atoms with E-state index in [0.29, 0.717) is 18.5 Å². The van der Waals surface area contributed by atoms with Crippen LogP contribution in [0.2, 0.25) is 0 Å². The fraction of sp³-hybridized carbons (Fsp3) is 0.304. The Kier molecular flexibility index (Phi) is 4.88. The largest absolute Gasteiger partial charge is 0.294 e. The molecule has 1 aromatic heterocycles.